The maximum atomic E-state index is 13.4. The Balaban J connectivity index is 1.74. The Morgan fingerprint density at radius 1 is 1.29 bits per heavy atom. The van der Waals surface area contributed by atoms with Crippen molar-refractivity contribution in [2.75, 3.05) is 20.3 Å². The Morgan fingerprint density at radius 2 is 2.07 bits per heavy atom. The standard InChI is InChI=1S/C21H23N3O3S/c1-21(20(26)22-9-10-27-2)14-23-17(12-16-8-11-28-19(16)23)18(25)24(21)13-15-6-4-3-5-7-15/h3-8,11-12H,9-10,13-14H2,1-2H3,(H,22,26). The minimum atomic E-state index is -0.996. The van der Waals surface area contributed by atoms with Gasteiger partial charge in [0.2, 0.25) is 5.91 Å². The molecule has 4 rings (SSSR count). The zero-order valence-corrected chi connectivity index (χ0v) is 16.8. The molecule has 0 aliphatic carbocycles. The third-order valence-corrected chi connectivity index (χ3v) is 6.24. The van der Waals surface area contributed by atoms with Crippen LogP contribution < -0.4 is 5.32 Å². The maximum absolute atomic E-state index is 13.4. The van der Waals surface area contributed by atoms with Crippen molar-refractivity contribution in [3.63, 3.8) is 0 Å². The average Bonchev–Trinajstić information content (AvgIpc) is 3.28. The molecule has 1 N–H and O–H groups in total. The Labute approximate surface area is 167 Å². The van der Waals surface area contributed by atoms with Crippen molar-refractivity contribution in [3.8, 4) is 0 Å². The van der Waals surface area contributed by atoms with Crippen LogP contribution in [0.4, 0.5) is 0 Å². The van der Waals surface area contributed by atoms with Crippen molar-refractivity contribution in [1.82, 2.24) is 14.8 Å². The van der Waals surface area contributed by atoms with E-state index in [2.05, 4.69) is 5.32 Å². The monoisotopic (exact) mass is 397 g/mol. The molecule has 1 aliphatic rings. The number of rotatable bonds is 6. The number of nitrogens with one attached hydrogen (secondary N) is 1. The second-order valence-corrected chi connectivity index (χ2v) is 8.09. The number of ether oxygens (including phenoxy) is 1. The van der Waals surface area contributed by atoms with Gasteiger partial charge in [-0.1, -0.05) is 30.3 Å². The number of carbonyl (C=O) groups is 2. The van der Waals surface area contributed by atoms with Crippen molar-refractivity contribution in [3.05, 3.63) is 59.1 Å². The highest BCUT2D eigenvalue weighted by Gasteiger charge is 2.47. The molecule has 1 unspecified atom stereocenters. The second-order valence-electron chi connectivity index (χ2n) is 7.20. The first kappa shape index (κ1) is 18.7. The number of hydrogen-bond donors (Lipinski definition) is 1. The van der Waals surface area contributed by atoms with Gasteiger partial charge in [0.25, 0.3) is 5.91 Å². The zero-order chi connectivity index (χ0) is 19.7. The van der Waals surface area contributed by atoms with E-state index in [0.717, 1.165) is 15.8 Å². The van der Waals surface area contributed by atoms with Gasteiger partial charge in [-0.05, 0) is 30.0 Å². The number of fused-ring (bicyclic) bond motifs is 3. The summed E-state index contributed by atoms with van der Waals surface area (Å²) in [6, 6.07) is 13.7. The molecule has 3 aromatic rings. The fraction of sp³-hybridized carbons (Fsp3) is 0.333. The first-order chi connectivity index (χ1) is 13.5. The van der Waals surface area contributed by atoms with E-state index < -0.39 is 5.54 Å². The summed E-state index contributed by atoms with van der Waals surface area (Å²) in [7, 11) is 1.60. The van der Waals surface area contributed by atoms with Gasteiger partial charge in [-0.3, -0.25) is 9.59 Å². The molecule has 7 heteroatoms. The van der Waals surface area contributed by atoms with Crippen molar-refractivity contribution >= 4 is 33.4 Å². The van der Waals surface area contributed by atoms with Gasteiger partial charge in [0.15, 0.2) is 0 Å². The lowest BCUT2D eigenvalue weighted by atomic mass is 9.94. The van der Waals surface area contributed by atoms with Crippen LogP contribution in [-0.4, -0.2) is 47.1 Å². The summed E-state index contributed by atoms with van der Waals surface area (Å²) in [6.07, 6.45) is 0. The van der Waals surface area contributed by atoms with Gasteiger partial charge < -0.3 is 19.5 Å². The van der Waals surface area contributed by atoms with Crippen LogP contribution in [0.15, 0.2) is 47.8 Å². The van der Waals surface area contributed by atoms with E-state index in [1.54, 1.807) is 23.3 Å². The van der Waals surface area contributed by atoms with Crippen molar-refractivity contribution < 1.29 is 14.3 Å². The number of nitrogens with zero attached hydrogens (tertiary/aromatic N) is 2. The van der Waals surface area contributed by atoms with E-state index in [-0.39, 0.29) is 11.8 Å². The van der Waals surface area contributed by atoms with E-state index in [1.807, 2.05) is 59.3 Å². The molecule has 0 radical (unpaired) electrons. The number of hydrogen-bond acceptors (Lipinski definition) is 4. The first-order valence-corrected chi connectivity index (χ1v) is 10.1. The molecule has 3 heterocycles. The first-order valence-electron chi connectivity index (χ1n) is 9.24. The molecular formula is C21H23N3O3S. The van der Waals surface area contributed by atoms with Crippen LogP contribution in [0.5, 0.6) is 0 Å². The smallest absolute Gasteiger partial charge is 0.271 e. The number of methoxy groups -OCH3 is 1. The summed E-state index contributed by atoms with van der Waals surface area (Å²) >= 11 is 1.59. The lowest BCUT2D eigenvalue weighted by molar-refractivity contribution is -0.133. The molecule has 0 saturated heterocycles. The topological polar surface area (TPSA) is 63.6 Å². The SMILES string of the molecule is COCCNC(=O)C1(C)Cn2c(cc3ccsc32)C(=O)N1Cc1ccccc1. The minimum absolute atomic E-state index is 0.122. The maximum Gasteiger partial charge on any atom is 0.271 e. The lowest BCUT2D eigenvalue weighted by Gasteiger charge is -2.44. The average molecular weight is 398 g/mol. The molecule has 1 atom stereocenters. The van der Waals surface area contributed by atoms with E-state index in [4.69, 9.17) is 4.74 Å². The van der Waals surface area contributed by atoms with Gasteiger partial charge in [0.1, 0.15) is 16.1 Å². The highest BCUT2D eigenvalue weighted by Crippen LogP contribution is 2.35. The van der Waals surface area contributed by atoms with Gasteiger partial charge in [0.05, 0.1) is 13.2 Å². The normalized spacial score (nSPS) is 19.1. The molecule has 1 aromatic carbocycles. The van der Waals surface area contributed by atoms with Crippen molar-refractivity contribution in [2.24, 2.45) is 0 Å². The van der Waals surface area contributed by atoms with Crippen LogP contribution in [0, 0.1) is 0 Å². The molecule has 2 amide bonds. The molecule has 0 spiro atoms. The number of aromatic nitrogens is 1. The fourth-order valence-corrected chi connectivity index (χ4v) is 4.63. The van der Waals surface area contributed by atoms with Gasteiger partial charge in [0, 0.05) is 25.6 Å². The van der Waals surface area contributed by atoms with Crippen molar-refractivity contribution in [2.45, 2.75) is 25.6 Å². The van der Waals surface area contributed by atoms with E-state index >= 15 is 0 Å². The summed E-state index contributed by atoms with van der Waals surface area (Å²) in [5.41, 5.74) is 0.636. The molecule has 0 saturated carbocycles. The minimum Gasteiger partial charge on any atom is -0.383 e. The highest BCUT2D eigenvalue weighted by molar-refractivity contribution is 7.16. The van der Waals surface area contributed by atoms with Crippen molar-refractivity contribution in [1.29, 1.82) is 0 Å². The van der Waals surface area contributed by atoms with E-state index in [9.17, 15) is 9.59 Å². The number of benzene rings is 1. The fourth-order valence-electron chi connectivity index (χ4n) is 3.73. The summed E-state index contributed by atoms with van der Waals surface area (Å²) in [6.45, 7) is 3.48. The largest absolute Gasteiger partial charge is 0.383 e. The molecule has 6 nitrogen and oxygen atoms in total. The number of carbonyl (C=O) groups excluding carboxylic acids is 2. The molecule has 1 aliphatic heterocycles. The van der Waals surface area contributed by atoms with Crippen LogP contribution in [-0.2, 0) is 22.6 Å². The van der Waals surface area contributed by atoms with Crippen LogP contribution in [0.3, 0.4) is 0 Å². The van der Waals surface area contributed by atoms with Crippen LogP contribution in [0.25, 0.3) is 10.2 Å². The quantitative estimate of drug-likeness (QED) is 0.651. The number of amides is 2. The van der Waals surface area contributed by atoms with Crippen LogP contribution in [0.1, 0.15) is 23.0 Å². The lowest BCUT2D eigenvalue weighted by Crippen LogP contribution is -2.63. The predicted molar refractivity (Wildman–Crippen MR) is 109 cm³/mol. The van der Waals surface area contributed by atoms with Gasteiger partial charge in [-0.15, -0.1) is 11.3 Å². The predicted octanol–water partition coefficient (Wildman–Crippen LogP) is 2.88. The third-order valence-electron chi connectivity index (χ3n) is 5.29. The number of thiophene rings is 1. The van der Waals surface area contributed by atoms with Crippen LogP contribution >= 0.6 is 11.3 Å². The van der Waals surface area contributed by atoms with E-state index in [1.165, 1.54) is 0 Å². The van der Waals surface area contributed by atoms with E-state index in [0.29, 0.717) is 31.9 Å². The summed E-state index contributed by atoms with van der Waals surface area (Å²) < 4.78 is 7.03. The Morgan fingerprint density at radius 3 is 2.82 bits per heavy atom. The molecule has 146 valence electrons. The van der Waals surface area contributed by atoms with Crippen LogP contribution in [0.2, 0.25) is 0 Å². The Hall–Kier alpha value is -2.64. The summed E-state index contributed by atoms with van der Waals surface area (Å²) in [5, 5.41) is 5.97. The second kappa shape index (κ2) is 7.41. The molecule has 0 bridgehead atoms. The molecular weight excluding hydrogens is 374 g/mol. The van der Waals surface area contributed by atoms with Gasteiger partial charge in [-0.25, -0.2) is 0 Å². The summed E-state index contributed by atoms with van der Waals surface area (Å²) in [5.74, 6) is -0.291. The molecule has 28 heavy (non-hydrogen) atoms. The molecule has 2 aromatic heterocycles. The van der Waals surface area contributed by atoms with Gasteiger partial charge >= 0.3 is 0 Å². The van der Waals surface area contributed by atoms with Gasteiger partial charge in [-0.2, -0.15) is 0 Å². The third kappa shape index (κ3) is 3.10. The Kier molecular flexibility index (Phi) is 4.95. The Bertz CT molecular complexity index is 1010. The summed E-state index contributed by atoms with van der Waals surface area (Å²) in [4.78, 5) is 29.3. The molecule has 0 fully saturated rings. The highest BCUT2D eigenvalue weighted by atomic mass is 32.1. The zero-order valence-electron chi connectivity index (χ0n) is 16.0.